The molecule has 4 heteroatoms. The van der Waals surface area contributed by atoms with Crippen molar-refractivity contribution in [3.05, 3.63) is 41.5 Å². The summed E-state index contributed by atoms with van der Waals surface area (Å²) in [5.41, 5.74) is 2.23. The number of nitrogens with zero attached hydrogens (tertiary/aromatic N) is 1. The van der Waals surface area contributed by atoms with Crippen LogP contribution in [-0.4, -0.2) is 12.0 Å². The van der Waals surface area contributed by atoms with Crippen molar-refractivity contribution in [2.24, 2.45) is 0 Å². The number of aryl methyl sites for hydroxylation is 2. The fourth-order valence-electron chi connectivity index (χ4n) is 2.07. The number of pyridine rings is 1. The van der Waals surface area contributed by atoms with Crippen molar-refractivity contribution in [2.45, 2.75) is 26.8 Å². The van der Waals surface area contributed by atoms with E-state index in [1.54, 1.807) is 6.20 Å². The average Bonchev–Trinajstić information content (AvgIpc) is 2.69. The molecule has 0 aliphatic carbocycles. The van der Waals surface area contributed by atoms with Gasteiger partial charge in [-0.25, -0.2) is 4.98 Å². The maximum atomic E-state index is 5.55. The first-order valence-corrected chi connectivity index (χ1v) is 6.07. The molecule has 0 amide bonds. The zero-order valence-electron chi connectivity index (χ0n) is 11.2. The molecule has 0 saturated heterocycles. The molecule has 0 bridgehead atoms. The Bertz CT molecular complexity index is 534. The summed E-state index contributed by atoms with van der Waals surface area (Å²) in [5.74, 6) is 2.77. The topological polar surface area (TPSA) is 50.1 Å². The summed E-state index contributed by atoms with van der Waals surface area (Å²) in [5, 5.41) is 6.47. The molecule has 2 rings (SSSR count). The average molecular weight is 245 g/mol. The molecule has 0 aliphatic heterocycles. The third-order valence-electron chi connectivity index (χ3n) is 2.95. The van der Waals surface area contributed by atoms with Gasteiger partial charge < -0.3 is 15.1 Å². The Hall–Kier alpha value is -1.97. The standard InChI is InChI=1S/C14H19N3O/c1-9-7-13(11(3)18-9)10(2)17-12-5-6-16-14(8-12)15-4/h5-8,10H,1-4H3,(H2,15,16,17). The van der Waals surface area contributed by atoms with Crippen molar-refractivity contribution >= 4 is 11.5 Å². The molecule has 4 nitrogen and oxygen atoms in total. The molecule has 1 atom stereocenters. The van der Waals surface area contributed by atoms with Gasteiger partial charge in [-0.15, -0.1) is 0 Å². The smallest absolute Gasteiger partial charge is 0.127 e. The number of anilines is 2. The van der Waals surface area contributed by atoms with E-state index in [0.717, 1.165) is 23.0 Å². The normalized spacial score (nSPS) is 12.2. The van der Waals surface area contributed by atoms with E-state index in [0.29, 0.717) is 0 Å². The maximum absolute atomic E-state index is 5.55. The van der Waals surface area contributed by atoms with Gasteiger partial charge in [-0.1, -0.05) is 0 Å². The largest absolute Gasteiger partial charge is 0.466 e. The molecule has 96 valence electrons. The van der Waals surface area contributed by atoms with E-state index in [1.807, 2.05) is 33.0 Å². The van der Waals surface area contributed by atoms with E-state index in [4.69, 9.17) is 4.42 Å². The van der Waals surface area contributed by atoms with Crippen LogP contribution >= 0.6 is 0 Å². The van der Waals surface area contributed by atoms with Crippen molar-refractivity contribution in [1.82, 2.24) is 4.98 Å². The van der Waals surface area contributed by atoms with Crippen molar-refractivity contribution < 1.29 is 4.42 Å². The Kier molecular flexibility index (Phi) is 3.55. The van der Waals surface area contributed by atoms with E-state index in [1.165, 1.54) is 5.56 Å². The second-order valence-electron chi connectivity index (χ2n) is 4.41. The summed E-state index contributed by atoms with van der Waals surface area (Å²) in [6, 6.07) is 6.22. The predicted octanol–water partition coefficient (Wildman–Crippen LogP) is 3.51. The highest BCUT2D eigenvalue weighted by Crippen LogP contribution is 2.25. The molecule has 0 aliphatic rings. The highest BCUT2D eigenvalue weighted by Gasteiger charge is 2.12. The summed E-state index contributed by atoms with van der Waals surface area (Å²) in [6.45, 7) is 6.08. The summed E-state index contributed by atoms with van der Waals surface area (Å²) in [7, 11) is 1.86. The van der Waals surface area contributed by atoms with Gasteiger partial charge in [-0.2, -0.15) is 0 Å². The summed E-state index contributed by atoms with van der Waals surface area (Å²) < 4.78 is 5.55. The van der Waals surface area contributed by atoms with Gasteiger partial charge in [0.15, 0.2) is 0 Å². The molecule has 18 heavy (non-hydrogen) atoms. The maximum Gasteiger partial charge on any atom is 0.127 e. The lowest BCUT2D eigenvalue weighted by Crippen LogP contribution is -2.07. The van der Waals surface area contributed by atoms with Crippen LogP contribution in [0.1, 0.15) is 30.0 Å². The molecule has 2 heterocycles. The fourth-order valence-corrected chi connectivity index (χ4v) is 2.07. The number of furan rings is 1. The lowest BCUT2D eigenvalue weighted by Gasteiger charge is -2.15. The lowest BCUT2D eigenvalue weighted by atomic mass is 10.1. The zero-order chi connectivity index (χ0) is 13.1. The molecule has 1 unspecified atom stereocenters. The monoisotopic (exact) mass is 245 g/mol. The van der Waals surface area contributed by atoms with Crippen LogP contribution < -0.4 is 10.6 Å². The molecular formula is C14H19N3O. The van der Waals surface area contributed by atoms with Crippen molar-refractivity contribution in [3.63, 3.8) is 0 Å². The van der Waals surface area contributed by atoms with Gasteiger partial charge in [0, 0.05) is 30.6 Å². The summed E-state index contributed by atoms with van der Waals surface area (Å²) in [4.78, 5) is 4.19. The van der Waals surface area contributed by atoms with Crippen LogP contribution in [-0.2, 0) is 0 Å². The summed E-state index contributed by atoms with van der Waals surface area (Å²) in [6.07, 6.45) is 1.79. The van der Waals surface area contributed by atoms with Gasteiger partial charge in [0.25, 0.3) is 0 Å². The number of hydrogen-bond donors (Lipinski definition) is 2. The number of aromatic nitrogens is 1. The van der Waals surface area contributed by atoms with E-state index >= 15 is 0 Å². The zero-order valence-corrected chi connectivity index (χ0v) is 11.2. The molecule has 0 aromatic carbocycles. The molecule has 2 aromatic rings. The Morgan fingerprint density at radius 2 is 2.06 bits per heavy atom. The van der Waals surface area contributed by atoms with Gasteiger partial charge in [-0.05, 0) is 32.9 Å². The second-order valence-corrected chi connectivity index (χ2v) is 4.41. The third-order valence-corrected chi connectivity index (χ3v) is 2.95. The minimum atomic E-state index is 0.203. The molecule has 0 saturated carbocycles. The van der Waals surface area contributed by atoms with Crippen LogP contribution in [0.4, 0.5) is 11.5 Å². The van der Waals surface area contributed by atoms with Gasteiger partial charge >= 0.3 is 0 Å². The van der Waals surface area contributed by atoms with Gasteiger partial charge in [-0.3, -0.25) is 0 Å². The molecule has 2 aromatic heterocycles. The minimum Gasteiger partial charge on any atom is -0.466 e. The number of hydrogen-bond acceptors (Lipinski definition) is 4. The van der Waals surface area contributed by atoms with Crippen LogP contribution in [0.3, 0.4) is 0 Å². The molecule has 0 spiro atoms. The summed E-state index contributed by atoms with van der Waals surface area (Å²) >= 11 is 0. The van der Waals surface area contributed by atoms with Gasteiger partial charge in [0.1, 0.15) is 17.3 Å². The molecular weight excluding hydrogens is 226 g/mol. The first kappa shape index (κ1) is 12.5. The van der Waals surface area contributed by atoms with Crippen molar-refractivity contribution in [2.75, 3.05) is 17.7 Å². The van der Waals surface area contributed by atoms with E-state index < -0.39 is 0 Å². The van der Waals surface area contributed by atoms with Crippen LogP contribution in [0.2, 0.25) is 0 Å². The third kappa shape index (κ3) is 2.64. The van der Waals surface area contributed by atoms with Crippen molar-refractivity contribution in [3.8, 4) is 0 Å². The minimum absolute atomic E-state index is 0.203. The molecule has 0 radical (unpaired) electrons. The number of rotatable bonds is 4. The van der Waals surface area contributed by atoms with Gasteiger partial charge in [0.2, 0.25) is 0 Å². The highest BCUT2D eigenvalue weighted by atomic mass is 16.3. The Balaban J connectivity index is 2.15. The van der Waals surface area contributed by atoms with Crippen LogP contribution in [0, 0.1) is 13.8 Å². The predicted molar refractivity (Wildman–Crippen MR) is 74.0 cm³/mol. The van der Waals surface area contributed by atoms with Crippen LogP contribution in [0.15, 0.2) is 28.8 Å². The molecule has 0 fully saturated rings. The first-order valence-electron chi connectivity index (χ1n) is 6.07. The Morgan fingerprint density at radius 3 is 2.67 bits per heavy atom. The van der Waals surface area contributed by atoms with Crippen LogP contribution in [0.5, 0.6) is 0 Å². The van der Waals surface area contributed by atoms with Gasteiger partial charge in [0.05, 0.1) is 6.04 Å². The highest BCUT2D eigenvalue weighted by molar-refractivity contribution is 5.52. The van der Waals surface area contributed by atoms with E-state index in [-0.39, 0.29) is 6.04 Å². The Morgan fingerprint density at radius 1 is 1.28 bits per heavy atom. The Labute approximate surface area is 107 Å². The van der Waals surface area contributed by atoms with Crippen LogP contribution in [0.25, 0.3) is 0 Å². The molecule has 2 N–H and O–H groups in total. The van der Waals surface area contributed by atoms with E-state index in [9.17, 15) is 0 Å². The SMILES string of the molecule is CNc1cc(NC(C)c2cc(C)oc2C)ccn1. The van der Waals surface area contributed by atoms with Crippen molar-refractivity contribution in [1.29, 1.82) is 0 Å². The number of nitrogens with one attached hydrogen (secondary N) is 2. The fraction of sp³-hybridized carbons (Fsp3) is 0.357. The van der Waals surface area contributed by atoms with E-state index in [2.05, 4.69) is 28.6 Å². The second kappa shape index (κ2) is 5.12. The lowest BCUT2D eigenvalue weighted by molar-refractivity contribution is 0.500. The first-order chi connectivity index (χ1) is 8.60. The quantitative estimate of drug-likeness (QED) is 0.865.